The van der Waals surface area contributed by atoms with E-state index in [1.165, 1.54) is 0 Å². The van der Waals surface area contributed by atoms with Gasteiger partial charge in [-0.3, -0.25) is 0 Å². The Kier molecular flexibility index (Phi) is 6.96. The molecular formula is C14H19ClN2O. The van der Waals surface area contributed by atoms with E-state index in [9.17, 15) is 4.79 Å². The molecule has 0 aliphatic rings. The van der Waals surface area contributed by atoms with Crippen LogP contribution in [-0.4, -0.2) is 12.6 Å². The van der Waals surface area contributed by atoms with Gasteiger partial charge in [0.1, 0.15) is 0 Å². The van der Waals surface area contributed by atoms with Crippen molar-refractivity contribution in [3.05, 3.63) is 41.1 Å². The lowest BCUT2D eigenvalue weighted by Gasteiger charge is -2.03. The van der Waals surface area contributed by atoms with Gasteiger partial charge >= 0.3 is 6.03 Å². The molecule has 1 rings (SSSR count). The molecule has 0 radical (unpaired) electrons. The maximum absolute atomic E-state index is 11.4. The zero-order chi connectivity index (χ0) is 13.2. The topological polar surface area (TPSA) is 41.1 Å². The van der Waals surface area contributed by atoms with E-state index < -0.39 is 0 Å². The van der Waals surface area contributed by atoms with Gasteiger partial charge in [-0.1, -0.05) is 43.5 Å². The van der Waals surface area contributed by atoms with Crippen molar-refractivity contribution in [3.8, 4) is 0 Å². The van der Waals surface area contributed by atoms with Crippen molar-refractivity contribution in [2.45, 2.75) is 26.2 Å². The number of carbonyl (C=O) groups excluding carboxylic acids is 1. The Morgan fingerprint density at radius 2 is 2.00 bits per heavy atom. The molecule has 2 amide bonds. The molecule has 0 atom stereocenters. The van der Waals surface area contributed by atoms with Crippen molar-refractivity contribution >= 4 is 23.7 Å². The number of amides is 2. The van der Waals surface area contributed by atoms with Crippen molar-refractivity contribution in [2.24, 2.45) is 0 Å². The van der Waals surface area contributed by atoms with Crippen LogP contribution < -0.4 is 10.6 Å². The molecule has 2 N–H and O–H groups in total. The largest absolute Gasteiger partial charge is 0.338 e. The first-order valence-electron chi connectivity index (χ1n) is 6.19. The fourth-order valence-electron chi connectivity index (χ4n) is 1.42. The van der Waals surface area contributed by atoms with Gasteiger partial charge in [-0.05, 0) is 30.2 Å². The molecule has 1 aromatic rings. The van der Waals surface area contributed by atoms with Gasteiger partial charge in [-0.15, -0.1) is 0 Å². The minimum absolute atomic E-state index is 0.170. The predicted octanol–water partition coefficient (Wildman–Crippen LogP) is 3.80. The van der Waals surface area contributed by atoms with Crippen LogP contribution >= 0.6 is 11.6 Å². The number of benzene rings is 1. The molecule has 0 aliphatic carbocycles. The Bertz CT molecular complexity index is 387. The summed E-state index contributed by atoms with van der Waals surface area (Å²) in [6, 6.07) is 7.23. The molecule has 0 fully saturated rings. The third-order valence-corrected chi connectivity index (χ3v) is 2.68. The summed E-state index contributed by atoms with van der Waals surface area (Å²) in [5.74, 6) is 0. The standard InChI is InChI=1S/C14H19ClN2O/c1-2-3-4-10-16-14(18)17-11-9-12-5-7-13(15)8-6-12/h5-9,11H,2-4,10H2,1H3,(H2,16,17,18)/b11-9+. The summed E-state index contributed by atoms with van der Waals surface area (Å²) in [6.45, 7) is 2.85. The number of urea groups is 1. The van der Waals surface area contributed by atoms with E-state index in [0.29, 0.717) is 11.6 Å². The van der Waals surface area contributed by atoms with Gasteiger partial charge in [0.05, 0.1) is 0 Å². The van der Waals surface area contributed by atoms with Crippen LogP contribution in [0.2, 0.25) is 5.02 Å². The van der Waals surface area contributed by atoms with Gasteiger partial charge in [-0.25, -0.2) is 4.79 Å². The van der Waals surface area contributed by atoms with Gasteiger partial charge in [0.15, 0.2) is 0 Å². The summed E-state index contributed by atoms with van der Waals surface area (Å²) in [5.41, 5.74) is 0.991. The normalized spacial score (nSPS) is 10.6. The van der Waals surface area contributed by atoms with E-state index in [2.05, 4.69) is 17.6 Å². The van der Waals surface area contributed by atoms with Gasteiger partial charge < -0.3 is 10.6 Å². The van der Waals surface area contributed by atoms with Gasteiger partial charge in [-0.2, -0.15) is 0 Å². The lowest BCUT2D eigenvalue weighted by molar-refractivity contribution is 0.244. The summed E-state index contributed by atoms with van der Waals surface area (Å²) in [4.78, 5) is 11.4. The molecule has 0 aliphatic heterocycles. The van der Waals surface area contributed by atoms with E-state index in [4.69, 9.17) is 11.6 Å². The molecule has 0 unspecified atom stereocenters. The second-order valence-corrected chi connectivity index (χ2v) is 4.43. The first kappa shape index (κ1) is 14.6. The second-order valence-electron chi connectivity index (χ2n) is 3.99. The molecular weight excluding hydrogens is 248 g/mol. The third kappa shape index (κ3) is 6.30. The molecule has 0 saturated carbocycles. The second kappa shape index (κ2) is 8.59. The number of hydrogen-bond acceptors (Lipinski definition) is 1. The van der Waals surface area contributed by atoms with Crippen LogP contribution in [0.3, 0.4) is 0 Å². The summed E-state index contributed by atoms with van der Waals surface area (Å²) >= 11 is 5.78. The average Bonchev–Trinajstić information content (AvgIpc) is 2.37. The van der Waals surface area contributed by atoms with Gasteiger partial charge in [0.25, 0.3) is 0 Å². The minimum Gasteiger partial charge on any atom is -0.338 e. The Labute approximate surface area is 113 Å². The van der Waals surface area contributed by atoms with Gasteiger partial charge in [0.2, 0.25) is 0 Å². The summed E-state index contributed by atoms with van der Waals surface area (Å²) in [5, 5.41) is 6.15. The molecule has 1 aromatic carbocycles. The summed E-state index contributed by atoms with van der Waals surface area (Å²) in [7, 11) is 0. The highest BCUT2D eigenvalue weighted by Gasteiger charge is 1.95. The zero-order valence-electron chi connectivity index (χ0n) is 10.6. The van der Waals surface area contributed by atoms with Crippen LogP contribution in [-0.2, 0) is 0 Å². The average molecular weight is 267 g/mol. The van der Waals surface area contributed by atoms with Crippen LogP contribution in [0.4, 0.5) is 4.79 Å². The number of rotatable bonds is 6. The van der Waals surface area contributed by atoms with Crippen LogP contribution in [0.15, 0.2) is 30.5 Å². The van der Waals surface area contributed by atoms with Gasteiger partial charge in [0, 0.05) is 17.8 Å². The van der Waals surface area contributed by atoms with Crippen LogP contribution in [0.25, 0.3) is 6.08 Å². The molecule has 98 valence electrons. The van der Waals surface area contributed by atoms with E-state index in [1.54, 1.807) is 6.20 Å². The molecule has 4 heteroatoms. The van der Waals surface area contributed by atoms with Crippen molar-refractivity contribution in [2.75, 3.05) is 6.54 Å². The number of halogens is 1. The highest BCUT2D eigenvalue weighted by atomic mass is 35.5. The molecule has 0 aromatic heterocycles. The van der Waals surface area contributed by atoms with Crippen molar-refractivity contribution in [1.82, 2.24) is 10.6 Å². The first-order valence-corrected chi connectivity index (χ1v) is 6.56. The summed E-state index contributed by atoms with van der Waals surface area (Å²) in [6.07, 6.45) is 6.76. The fourth-order valence-corrected chi connectivity index (χ4v) is 1.54. The number of nitrogens with one attached hydrogen (secondary N) is 2. The molecule has 0 saturated heterocycles. The monoisotopic (exact) mass is 266 g/mol. The Balaban J connectivity index is 2.23. The predicted molar refractivity (Wildman–Crippen MR) is 76.5 cm³/mol. The maximum atomic E-state index is 11.4. The number of hydrogen-bond donors (Lipinski definition) is 2. The van der Waals surface area contributed by atoms with Crippen molar-refractivity contribution in [1.29, 1.82) is 0 Å². The Morgan fingerprint density at radius 1 is 1.28 bits per heavy atom. The SMILES string of the molecule is CCCCCNC(=O)N/C=C/c1ccc(Cl)cc1. The molecule has 18 heavy (non-hydrogen) atoms. The van der Waals surface area contributed by atoms with Crippen molar-refractivity contribution in [3.63, 3.8) is 0 Å². The number of unbranched alkanes of at least 4 members (excludes halogenated alkanes) is 2. The van der Waals surface area contributed by atoms with Crippen molar-refractivity contribution < 1.29 is 4.79 Å². The maximum Gasteiger partial charge on any atom is 0.318 e. The highest BCUT2D eigenvalue weighted by Crippen LogP contribution is 2.10. The fraction of sp³-hybridized carbons (Fsp3) is 0.357. The Morgan fingerprint density at radius 3 is 2.67 bits per heavy atom. The molecule has 3 nitrogen and oxygen atoms in total. The quantitative estimate of drug-likeness (QED) is 0.756. The zero-order valence-corrected chi connectivity index (χ0v) is 11.3. The van der Waals surface area contributed by atoms with E-state index in [0.717, 1.165) is 24.8 Å². The molecule has 0 spiro atoms. The lowest BCUT2D eigenvalue weighted by atomic mass is 10.2. The minimum atomic E-state index is -0.170. The summed E-state index contributed by atoms with van der Waals surface area (Å²) < 4.78 is 0. The van der Waals surface area contributed by atoms with Crippen LogP contribution in [0.5, 0.6) is 0 Å². The highest BCUT2D eigenvalue weighted by molar-refractivity contribution is 6.30. The Hall–Kier alpha value is -1.48. The van der Waals surface area contributed by atoms with E-state index in [1.807, 2.05) is 30.3 Å². The lowest BCUT2D eigenvalue weighted by Crippen LogP contribution is -2.32. The van der Waals surface area contributed by atoms with Crippen LogP contribution in [0.1, 0.15) is 31.7 Å². The smallest absolute Gasteiger partial charge is 0.318 e. The van der Waals surface area contributed by atoms with E-state index >= 15 is 0 Å². The molecule has 0 bridgehead atoms. The van der Waals surface area contributed by atoms with E-state index in [-0.39, 0.29) is 6.03 Å². The first-order chi connectivity index (χ1) is 8.72. The molecule has 0 heterocycles. The number of carbonyl (C=O) groups is 1. The third-order valence-electron chi connectivity index (χ3n) is 2.43. The van der Waals surface area contributed by atoms with Crippen LogP contribution in [0, 0.1) is 0 Å².